The van der Waals surface area contributed by atoms with Gasteiger partial charge >= 0.3 is 0 Å². The lowest BCUT2D eigenvalue weighted by Crippen LogP contribution is -2.45. The predicted molar refractivity (Wildman–Crippen MR) is 115 cm³/mol. The molecule has 1 saturated carbocycles. The van der Waals surface area contributed by atoms with Crippen LogP contribution in [0.5, 0.6) is 5.75 Å². The fraction of sp³-hybridized carbons (Fsp3) is 0.500. The fourth-order valence-electron chi connectivity index (χ4n) is 4.73. The minimum atomic E-state index is -0.146. The molecule has 1 aromatic carbocycles. The first-order valence-electron chi connectivity index (χ1n) is 10.4. The van der Waals surface area contributed by atoms with Crippen LogP contribution in [0.15, 0.2) is 41.4 Å². The Labute approximate surface area is 181 Å². The second-order valence-corrected chi connectivity index (χ2v) is 8.47. The van der Waals surface area contributed by atoms with Crippen LogP contribution >= 0.6 is 11.6 Å². The lowest BCUT2D eigenvalue weighted by molar-refractivity contribution is -0.140. The number of amides is 2. The van der Waals surface area contributed by atoms with Gasteiger partial charge in [-0.3, -0.25) is 19.5 Å². The molecule has 7 nitrogen and oxygen atoms in total. The van der Waals surface area contributed by atoms with Crippen molar-refractivity contribution in [1.29, 1.82) is 0 Å². The van der Waals surface area contributed by atoms with Gasteiger partial charge in [-0.15, -0.1) is 0 Å². The summed E-state index contributed by atoms with van der Waals surface area (Å²) in [6.07, 6.45) is 5.03. The summed E-state index contributed by atoms with van der Waals surface area (Å²) in [6.45, 7) is 3.24. The number of benzene rings is 1. The van der Waals surface area contributed by atoms with Crippen molar-refractivity contribution in [3.05, 3.63) is 41.4 Å². The SMILES string of the molecule is CN=C(NCCN1C(=O)C2C3C=CC(C3)C2C1=O)NCC(C)Oc1ccccc1Cl. The molecule has 30 heavy (non-hydrogen) atoms. The summed E-state index contributed by atoms with van der Waals surface area (Å²) in [5.41, 5.74) is 0. The number of rotatable bonds is 7. The van der Waals surface area contributed by atoms with Gasteiger partial charge in [-0.05, 0) is 37.3 Å². The Morgan fingerprint density at radius 1 is 1.20 bits per heavy atom. The third kappa shape index (κ3) is 3.90. The molecule has 5 unspecified atom stereocenters. The Bertz CT molecular complexity index is 857. The van der Waals surface area contributed by atoms with E-state index in [0.29, 0.717) is 36.4 Å². The van der Waals surface area contributed by atoms with Crippen molar-refractivity contribution in [3.8, 4) is 5.75 Å². The first kappa shape index (κ1) is 20.7. The summed E-state index contributed by atoms with van der Waals surface area (Å²) < 4.78 is 5.84. The van der Waals surface area contributed by atoms with Gasteiger partial charge in [-0.2, -0.15) is 0 Å². The zero-order chi connectivity index (χ0) is 21.3. The van der Waals surface area contributed by atoms with E-state index in [0.717, 1.165) is 6.42 Å². The van der Waals surface area contributed by atoms with Gasteiger partial charge in [0.1, 0.15) is 11.9 Å². The summed E-state index contributed by atoms with van der Waals surface area (Å²) in [5, 5.41) is 6.93. The molecule has 2 fully saturated rings. The fourth-order valence-corrected chi connectivity index (χ4v) is 4.91. The molecular weight excluding hydrogens is 404 g/mol. The van der Waals surface area contributed by atoms with Crippen LogP contribution in [0.3, 0.4) is 0 Å². The van der Waals surface area contributed by atoms with Crippen LogP contribution in [-0.4, -0.2) is 55.5 Å². The molecule has 1 aliphatic heterocycles. The number of nitrogens with zero attached hydrogens (tertiary/aromatic N) is 2. The number of carbonyl (C=O) groups is 2. The van der Waals surface area contributed by atoms with Crippen molar-refractivity contribution in [2.45, 2.75) is 19.4 Å². The molecule has 8 heteroatoms. The number of aliphatic imine (C=N–C) groups is 1. The summed E-state index contributed by atoms with van der Waals surface area (Å²) in [5.74, 6) is 1.37. The molecular formula is C22H27ClN4O3. The van der Waals surface area contributed by atoms with E-state index in [9.17, 15) is 9.59 Å². The third-order valence-electron chi connectivity index (χ3n) is 6.13. The normalized spacial score (nSPS) is 28.1. The van der Waals surface area contributed by atoms with E-state index in [1.54, 1.807) is 13.1 Å². The summed E-state index contributed by atoms with van der Waals surface area (Å²) in [4.78, 5) is 31.1. The van der Waals surface area contributed by atoms with E-state index in [2.05, 4.69) is 27.8 Å². The second kappa shape index (κ2) is 8.68. The third-order valence-corrected chi connectivity index (χ3v) is 6.45. The van der Waals surface area contributed by atoms with E-state index in [1.807, 2.05) is 25.1 Å². The maximum Gasteiger partial charge on any atom is 0.233 e. The van der Waals surface area contributed by atoms with Crippen molar-refractivity contribution in [2.75, 3.05) is 26.7 Å². The number of likely N-dealkylation sites (tertiary alicyclic amines) is 1. The van der Waals surface area contributed by atoms with Crippen molar-refractivity contribution in [3.63, 3.8) is 0 Å². The van der Waals surface area contributed by atoms with Crippen LogP contribution in [0.2, 0.25) is 5.02 Å². The van der Waals surface area contributed by atoms with E-state index < -0.39 is 0 Å². The van der Waals surface area contributed by atoms with E-state index in [-0.39, 0.29) is 41.6 Å². The minimum absolute atomic E-state index is 0.0200. The second-order valence-electron chi connectivity index (χ2n) is 8.07. The molecule has 2 amide bonds. The Kier molecular flexibility index (Phi) is 5.99. The molecule has 2 aliphatic carbocycles. The number of halogens is 1. The van der Waals surface area contributed by atoms with Gasteiger partial charge in [0.05, 0.1) is 23.4 Å². The predicted octanol–water partition coefficient (Wildman–Crippen LogP) is 2.08. The lowest BCUT2D eigenvalue weighted by Gasteiger charge is -2.20. The van der Waals surface area contributed by atoms with Gasteiger partial charge in [0, 0.05) is 20.1 Å². The van der Waals surface area contributed by atoms with Crippen LogP contribution in [0.1, 0.15) is 13.3 Å². The average molecular weight is 431 g/mol. The zero-order valence-electron chi connectivity index (χ0n) is 17.2. The molecule has 1 heterocycles. The topological polar surface area (TPSA) is 83.0 Å². The minimum Gasteiger partial charge on any atom is -0.487 e. The molecule has 160 valence electrons. The highest BCUT2D eigenvalue weighted by molar-refractivity contribution is 6.32. The average Bonchev–Trinajstić information content (AvgIpc) is 3.41. The molecule has 1 saturated heterocycles. The number of hydrogen-bond acceptors (Lipinski definition) is 4. The number of hydrogen-bond donors (Lipinski definition) is 2. The summed E-state index contributed by atoms with van der Waals surface area (Å²) >= 11 is 6.12. The van der Waals surface area contributed by atoms with Gasteiger partial charge in [0.25, 0.3) is 0 Å². The van der Waals surface area contributed by atoms with Crippen molar-refractivity contribution in [2.24, 2.45) is 28.7 Å². The van der Waals surface area contributed by atoms with Crippen LogP contribution in [0.25, 0.3) is 0 Å². The molecule has 4 rings (SSSR count). The number of carbonyl (C=O) groups excluding carboxylic acids is 2. The molecule has 2 N–H and O–H groups in total. The largest absolute Gasteiger partial charge is 0.487 e. The van der Waals surface area contributed by atoms with Crippen LogP contribution < -0.4 is 15.4 Å². The Hall–Kier alpha value is -2.54. The Morgan fingerprint density at radius 2 is 1.87 bits per heavy atom. The van der Waals surface area contributed by atoms with Gasteiger partial charge in [-0.25, -0.2) is 0 Å². The Balaban J connectivity index is 1.22. The molecule has 2 bridgehead atoms. The highest BCUT2D eigenvalue weighted by Crippen LogP contribution is 2.52. The highest BCUT2D eigenvalue weighted by Gasteiger charge is 2.58. The van der Waals surface area contributed by atoms with Gasteiger partial charge in [0.2, 0.25) is 11.8 Å². The summed E-state index contributed by atoms with van der Waals surface area (Å²) in [7, 11) is 1.68. The van der Waals surface area contributed by atoms with Crippen molar-refractivity contribution in [1.82, 2.24) is 15.5 Å². The molecule has 3 aliphatic rings. The number of nitrogens with one attached hydrogen (secondary N) is 2. The number of imide groups is 1. The zero-order valence-corrected chi connectivity index (χ0v) is 17.9. The standard InChI is InChI=1S/C22H27ClN4O3/c1-13(30-17-6-4-3-5-16(17)23)12-26-22(24-2)25-9-10-27-20(28)18-14-7-8-15(11-14)19(18)21(27)29/h3-8,13-15,18-19H,9-12H2,1-2H3,(H2,24,25,26). The Morgan fingerprint density at radius 3 is 2.50 bits per heavy atom. The first-order chi connectivity index (χ1) is 14.5. The van der Waals surface area contributed by atoms with Crippen molar-refractivity contribution >= 4 is 29.4 Å². The summed E-state index contributed by atoms with van der Waals surface area (Å²) in [6, 6.07) is 7.34. The maximum absolute atomic E-state index is 12.7. The van der Waals surface area contributed by atoms with E-state index in [1.165, 1.54) is 4.90 Å². The van der Waals surface area contributed by atoms with Crippen molar-refractivity contribution < 1.29 is 14.3 Å². The number of guanidine groups is 1. The number of para-hydroxylation sites is 1. The number of ether oxygens (including phenoxy) is 1. The molecule has 0 spiro atoms. The lowest BCUT2D eigenvalue weighted by atomic mass is 9.85. The van der Waals surface area contributed by atoms with Gasteiger partial charge in [-0.1, -0.05) is 35.9 Å². The highest BCUT2D eigenvalue weighted by atomic mass is 35.5. The molecule has 5 atom stereocenters. The quantitative estimate of drug-likeness (QED) is 0.299. The van der Waals surface area contributed by atoms with Gasteiger partial charge < -0.3 is 15.4 Å². The number of fused-ring (bicyclic) bond motifs is 5. The van der Waals surface area contributed by atoms with Crippen LogP contribution in [0, 0.1) is 23.7 Å². The van der Waals surface area contributed by atoms with E-state index >= 15 is 0 Å². The van der Waals surface area contributed by atoms with Crippen LogP contribution in [-0.2, 0) is 9.59 Å². The van der Waals surface area contributed by atoms with Crippen LogP contribution in [0.4, 0.5) is 0 Å². The molecule has 1 aromatic rings. The first-order valence-corrected chi connectivity index (χ1v) is 10.8. The number of allylic oxidation sites excluding steroid dienone is 2. The maximum atomic E-state index is 12.7. The monoisotopic (exact) mass is 430 g/mol. The van der Waals surface area contributed by atoms with Gasteiger partial charge in [0.15, 0.2) is 5.96 Å². The molecule has 0 aromatic heterocycles. The smallest absolute Gasteiger partial charge is 0.233 e. The molecule has 0 radical (unpaired) electrons. The van der Waals surface area contributed by atoms with E-state index in [4.69, 9.17) is 16.3 Å².